The molecule has 30 heavy (non-hydrogen) atoms. The highest BCUT2D eigenvalue weighted by atomic mass is 19.4. The number of carbonyl (C=O) groups is 2. The molecule has 0 aromatic heterocycles. The first-order valence-electron chi connectivity index (χ1n) is 10.7. The van der Waals surface area contributed by atoms with Gasteiger partial charge < -0.3 is 10.6 Å². The molecule has 0 spiro atoms. The Kier molecular flexibility index (Phi) is 7.39. The van der Waals surface area contributed by atoms with E-state index < -0.39 is 11.7 Å². The van der Waals surface area contributed by atoms with Gasteiger partial charge >= 0.3 is 6.18 Å². The highest BCUT2D eigenvalue weighted by Gasteiger charge is 2.33. The molecule has 1 aliphatic carbocycles. The van der Waals surface area contributed by atoms with Crippen LogP contribution in [-0.2, 0) is 15.8 Å². The van der Waals surface area contributed by atoms with E-state index in [0.29, 0.717) is 6.54 Å². The highest BCUT2D eigenvalue weighted by molar-refractivity contribution is 5.85. The molecular formula is C22H30F3N3O2. The zero-order valence-corrected chi connectivity index (χ0v) is 17.3. The summed E-state index contributed by atoms with van der Waals surface area (Å²) in [5, 5.41) is 5.61. The number of nitrogens with one attached hydrogen (secondary N) is 2. The van der Waals surface area contributed by atoms with Crippen molar-refractivity contribution in [3.05, 3.63) is 35.4 Å². The summed E-state index contributed by atoms with van der Waals surface area (Å²) in [7, 11) is 1.96. The van der Waals surface area contributed by atoms with Crippen LogP contribution < -0.4 is 10.6 Å². The number of hydrogen-bond acceptors (Lipinski definition) is 3. The average molecular weight is 425 g/mol. The SMILES string of the molecule is CN1CCCC(CNC(=O)CNC(=O)C2CCCC2)C1c1ccc(C(F)(F)F)cc1. The van der Waals surface area contributed by atoms with Crippen molar-refractivity contribution in [1.82, 2.24) is 15.5 Å². The van der Waals surface area contributed by atoms with E-state index in [1.54, 1.807) is 0 Å². The van der Waals surface area contributed by atoms with Gasteiger partial charge in [0.05, 0.1) is 12.1 Å². The van der Waals surface area contributed by atoms with Gasteiger partial charge in [-0.05, 0) is 62.9 Å². The number of halogens is 3. The number of benzene rings is 1. The quantitative estimate of drug-likeness (QED) is 0.733. The van der Waals surface area contributed by atoms with Gasteiger partial charge in [-0.1, -0.05) is 25.0 Å². The molecular weight excluding hydrogens is 395 g/mol. The van der Waals surface area contributed by atoms with E-state index in [1.807, 2.05) is 7.05 Å². The van der Waals surface area contributed by atoms with Crippen LogP contribution >= 0.6 is 0 Å². The summed E-state index contributed by atoms with van der Waals surface area (Å²) in [5.74, 6) is -0.174. The average Bonchev–Trinajstić information content (AvgIpc) is 3.25. The monoisotopic (exact) mass is 425 g/mol. The van der Waals surface area contributed by atoms with Crippen molar-refractivity contribution in [1.29, 1.82) is 0 Å². The topological polar surface area (TPSA) is 61.4 Å². The third-order valence-corrected chi connectivity index (χ3v) is 6.30. The van der Waals surface area contributed by atoms with Gasteiger partial charge in [-0.3, -0.25) is 14.5 Å². The van der Waals surface area contributed by atoms with Crippen molar-refractivity contribution in [2.45, 2.75) is 50.7 Å². The first kappa shape index (κ1) is 22.6. The predicted octanol–water partition coefficient (Wildman–Crippen LogP) is 3.51. The second kappa shape index (κ2) is 9.81. The van der Waals surface area contributed by atoms with Crippen LogP contribution in [0.25, 0.3) is 0 Å². The molecule has 2 fully saturated rings. The summed E-state index contributed by atoms with van der Waals surface area (Å²) in [6, 6.07) is 5.24. The Balaban J connectivity index is 1.55. The van der Waals surface area contributed by atoms with Crippen LogP contribution in [0.1, 0.15) is 55.7 Å². The summed E-state index contributed by atoms with van der Waals surface area (Å²) in [5.41, 5.74) is 0.159. The molecule has 2 unspecified atom stereocenters. The number of hydrogen-bond donors (Lipinski definition) is 2. The van der Waals surface area contributed by atoms with E-state index in [0.717, 1.165) is 62.8 Å². The second-order valence-corrected chi connectivity index (χ2v) is 8.45. The first-order valence-corrected chi connectivity index (χ1v) is 10.7. The maximum Gasteiger partial charge on any atom is 0.416 e. The fourth-order valence-corrected chi connectivity index (χ4v) is 4.68. The molecule has 2 atom stereocenters. The van der Waals surface area contributed by atoms with Gasteiger partial charge in [0.25, 0.3) is 0 Å². The molecule has 2 aliphatic rings. The summed E-state index contributed by atoms with van der Waals surface area (Å²) < 4.78 is 38.6. The number of nitrogens with zero attached hydrogens (tertiary/aromatic N) is 1. The van der Waals surface area contributed by atoms with E-state index in [2.05, 4.69) is 15.5 Å². The molecule has 0 radical (unpaired) electrons. The Bertz CT molecular complexity index is 730. The van der Waals surface area contributed by atoms with Gasteiger partial charge in [-0.25, -0.2) is 0 Å². The van der Waals surface area contributed by atoms with Crippen molar-refractivity contribution < 1.29 is 22.8 Å². The van der Waals surface area contributed by atoms with Gasteiger partial charge in [0.1, 0.15) is 0 Å². The molecule has 166 valence electrons. The number of rotatable bonds is 6. The maximum absolute atomic E-state index is 12.9. The molecule has 1 aliphatic heterocycles. The highest BCUT2D eigenvalue weighted by Crippen LogP contribution is 2.36. The Morgan fingerprint density at radius 3 is 2.33 bits per heavy atom. The fourth-order valence-electron chi connectivity index (χ4n) is 4.68. The summed E-state index contributed by atoms with van der Waals surface area (Å²) in [4.78, 5) is 26.4. The van der Waals surface area contributed by atoms with E-state index in [1.165, 1.54) is 12.1 Å². The van der Waals surface area contributed by atoms with E-state index in [4.69, 9.17) is 0 Å². The number of amides is 2. The van der Waals surface area contributed by atoms with Crippen LogP contribution in [-0.4, -0.2) is 43.4 Å². The lowest BCUT2D eigenvalue weighted by atomic mass is 9.84. The van der Waals surface area contributed by atoms with E-state index in [9.17, 15) is 22.8 Å². The molecule has 1 heterocycles. The van der Waals surface area contributed by atoms with Crippen molar-refractivity contribution in [3.63, 3.8) is 0 Å². The molecule has 1 saturated heterocycles. The van der Waals surface area contributed by atoms with Crippen molar-refractivity contribution in [3.8, 4) is 0 Å². The predicted molar refractivity (Wildman–Crippen MR) is 108 cm³/mol. The Morgan fingerprint density at radius 1 is 1.03 bits per heavy atom. The van der Waals surface area contributed by atoms with Crippen LogP contribution in [0.4, 0.5) is 13.2 Å². The normalized spacial score (nSPS) is 23.3. The van der Waals surface area contributed by atoms with E-state index in [-0.39, 0.29) is 36.2 Å². The molecule has 5 nitrogen and oxygen atoms in total. The van der Waals surface area contributed by atoms with Crippen molar-refractivity contribution >= 4 is 11.8 Å². The molecule has 2 amide bonds. The molecule has 2 N–H and O–H groups in total. The minimum atomic E-state index is -4.35. The van der Waals surface area contributed by atoms with Crippen molar-refractivity contribution in [2.75, 3.05) is 26.7 Å². The molecule has 0 bridgehead atoms. The van der Waals surface area contributed by atoms with Crippen LogP contribution in [0.15, 0.2) is 24.3 Å². The lowest BCUT2D eigenvalue weighted by molar-refractivity contribution is -0.137. The smallest absolute Gasteiger partial charge is 0.354 e. The minimum Gasteiger partial charge on any atom is -0.354 e. The van der Waals surface area contributed by atoms with Gasteiger partial charge in [0.15, 0.2) is 0 Å². The van der Waals surface area contributed by atoms with Crippen LogP contribution in [0, 0.1) is 11.8 Å². The minimum absolute atomic E-state index is 0.0221. The Labute approximate surface area is 175 Å². The van der Waals surface area contributed by atoms with Crippen LogP contribution in [0.3, 0.4) is 0 Å². The second-order valence-electron chi connectivity index (χ2n) is 8.45. The van der Waals surface area contributed by atoms with Gasteiger partial charge in [0.2, 0.25) is 11.8 Å². The third-order valence-electron chi connectivity index (χ3n) is 6.30. The lowest BCUT2D eigenvalue weighted by Crippen LogP contribution is -2.44. The number of likely N-dealkylation sites (tertiary alicyclic amines) is 1. The Hall–Kier alpha value is -2.09. The van der Waals surface area contributed by atoms with Crippen LogP contribution in [0.5, 0.6) is 0 Å². The van der Waals surface area contributed by atoms with Gasteiger partial charge in [-0.15, -0.1) is 0 Å². The number of carbonyl (C=O) groups excluding carboxylic acids is 2. The maximum atomic E-state index is 12.9. The largest absolute Gasteiger partial charge is 0.416 e. The van der Waals surface area contributed by atoms with Gasteiger partial charge in [-0.2, -0.15) is 13.2 Å². The summed E-state index contributed by atoms with van der Waals surface area (Å²) in [6.07, 6.45) is 1.38. The zero-order valence-electron chi connectivity index (χ0n) is 17.3. The molecule has 1 aromatic carbocycles. The number of alkyl halides is 3. The van der Waals surface area contributed by atoms with E-state index >= 15 is 0 Å². The number of piperidine rings is 1. The molecule has 8 heteroatoms. The third kappa shape index (κ3) is 5.74. The summed E-state index contributed by atoms with van der Waals surface area (Å²) in [6.45, 7) is 1.24. The Morgan fingerprint density at radius 2 is 1.70 bits per heavy atom. The lowest BCUT2D eigenvalue weighted by Gasteiger charge is -2.39. The molecule has 3 rings (SSSR count). The van der Waals surface area contributed by atoms with Crippen molar-refractivity contribution in [2.24, 2.45) is 11.8 Å². The summed E-state index contributed by atoms with van der Waals surface area (Å²) >= 11 is 0. The molecule has 1 aromatic rings. The van der Waals surface area contributed by atoms with Gasteiger partial charge in [0, 0.05) is 18.5 Å². The fraction of sp³-hybridized carbons (Fsp3) is 0.636. The zero-order chi connectivity index (χ0) is 21.7. The standard InChI is InChI=1S/C22H30F3N3O2/c1-28-12-4-7-17(20(28)15-8-10-18(11-9-15)22(23,24)25)13-26-19(29)14-27-21(30)16-5-2-3-6-16/h8-11,16-17,20H,2-7,12-14H2,1H3,(H,26,29)(H,27,30). The van der Waals surface area contributed by atoms with Crippen LogP contribution in [0.2, 0.25) is 0 Å². The first-order chi connectivity index (χ1) is 14.3. The molecule has 1 saturated carbocycles.